The first-order chi connectivity index (χ1) is 9.88. The van der Waals surface area contributed by atoms with E-state index in [1.165, 1.54) is 44.1 Å². The van der Waals surface area contributed by atoms with E-state index in [0.717, 1.165) is 31.6 Å². The van der Waals surface area contributed by atoms with Crippen LogP contribution in [0.5, 0.6) is 5.75 Å². The van der Waals surface area contributed by atoms with Gasteiger partial charge in [0.25, 0.3) is 0 Å². The second-order valence-corrected chi connectivity index (χ2v) is 5.40. The predicted molar refractivity (Wildman–Crippen MR) is 88.4 cm³/mol. The van der Waals surface area contributed by atoms with Gasteiger partial charge in [-0.15, -0.1) is 6.58 Å². The van der Waals surface area contributed by atoms with Crippen LogP contribution in [0.1, 0.15) is 63.9 Å². The molecular weight excluding hydrogens is 244 g/mol. The largest absolute Gasteiger partial charge is 0.493 e. The lowest BCUT2D eigenvalue weighted by atomic mass is 10.0. The van der Waals surface area contributed by atoms with Gasteiger partial charge in [-0.2, -0.15) is 0 Å². The van der Waals surface area contributed by atoms with Crippen LogP contribution >= 0.6 is 0 Å². The third-order valence-electron chi connectivity index (χ3n) is 3.58. The lowest BCUT2D eigenvalue weighted by Crippen LogP contribution is -1.99. The summed E-state index contributed by atoms with van der Waals surface area (Å²) in [6.07, 6.45) is 13.2. The van der Waals surface area contributed by atoms with Gasteiger partial charge in [-0.25, -0.2) is 0 Å². The summed E-state index contributed by atoms with van der Waals surface area (Å²) in [5.41, 5.74) is 1.37. The maximum atomic E-state index is 5.88. The van der Waals surface area contributed by atoms with Gasteiger partial charge >= 0.3 is 0 Å². The number of ether oxygens (including phenoxy) is 1. The highest BCUT2D eigenvalue weighted by Gasteiger charge is 2.02. The van der Waals surface area contributed by atoms with Crippen LogP contribution in [-0.4, -0.2) is 6.61 Å². The maximum Gasteiger partial charge on any atom is 0.122 e. The number of benzene rings is 1. The number of allylic oxidation sites excluding steroid dienone is 1. The van der Waals surface area contributed by atoms with Gasteiger partial charge in [-0.05, 0) is 43.7 Å². The SMILES string of the molecule is C=CCCCCCCCc1ccccc1OCCCC. The highest BCUT2D eigenvalue weighted by Crippen LogP contribution is 2.21. The van der Waals surface area contributed by atoms with Crippen LogP contribution in [0.2, 0.25) is 0 Å². The summed E-state index contributed by atoms with van der Waals surface area (Å²) < 4.78 is 5.88. The fraction of sp³-hybridized carbons (Fsp3) is 0.579. The summed E-state index contributed by atoms with van der Waals surface area (Å²) in [6.45, 7) is 6.80. The fourth-order valence-corrected chi connectivity index (χ4v) is 2.31. The summed E-state index contributed by atoms with van der Waals surface area (Å²) in [4.78, 5) is 0. The molecule has 1 rings (SSSR count). The minimum absolute atomic E-state index is 0.842. The first kappa shape index (κ1) is 16.8. The van der Waals surface area contributed by atoms with Crippen LogP contribution in [0.3, 0.4) is 0 Å². The predicted octanol–water partition coefficient (Wildman–Crippen LogP) is 5.93. The van der Waals surface area contributed by atoms with Crippen molar-refractivity contribution in [2.45, 2.75) is 64.7 Å². The molecule has 0 radical (unpaired) electrons. The Morgan fingerprint density at radius 3 is 2.55 bits per heavy atom. The van der Waals surface area contributed by atoms with Gasteiger partial charge in [0, 0.05) is 0 Å². The fourth-order valence-electron chi connectivity index (χ4n) is 2.31. The van der Waals surface area contributed by atoms with Crippen molar-refractivity contribution in [3.63, 3.8) is 0 Å². The molecule has 112 valence electrons. The summed E-state index contributed by atoms with van der Waals surface area (Å²) in [5.74, 6) is 1.09. The molecule has 0 spiro atoms. The van der Waals surface area contributed by atoms with Crippen LogP contribution in [-0.2, 0) is 6.42 Å². The molecule has 0 fully saturated rings. The van der Waals surface area contributed by atoms with Crippen LogP contribution in [0.25, 0.3) is 0 Å². The van der Waals surface area contributed by atoms with Crippen molar-refractivity contribution in [3.05, 3.63) is 42.5 Å². The van der Waals surface area contributed by atoms with E-state index in [9.17, 15) is 0 Å². The molecule has 1 heteroatoms. The van der Waals surface area contributed by atoms with Crippen molar-refractivity contribution < 1.29 is 4.74 Å². The second-order valence-electron chi connectivity index (χ2n) is 5.40. The molecule has 1 aromatic rings. The third-order valence-corrected chi connectivity index (χ3v) is 3.58. The van der Waals surface area contributed by atoms with E-state index >= 15 is 0 Å². The lowest BCUT2D eigenvalue weighted by molar-refractivity contribution is 0.306. The average molecular weight is 274 g/mol. The van der Waals surface area contributed by atoms with E-state index < -0.39 is 0 Å². The molecule has 0 aliphatic carbocycles. The molecule has 0 aliphatic heterocycles. The summed E-state index contributed by atoms with van der Waals surface area (Å²) in [5, 5.41) is 0. The number of unbranched alkanes of at least 4 members (excludes halogenated alkanes) is 6. The van der Waals surface area contributed by atoms with E-state index in [1.807, 2.05) is 6.08 Å². The van der Waals surface area contributed by atoms with Gasteiger partial charge in [0.15, 0.2) is 0 Å². The average Bonchev–Trinajstić information content (AvgIpc) is 2.48. The number of rotatable bonds is 12. The van der Waals surface area contributed by atoms with Crippen molar-refractivity contribution in [1.82, 2.24) is 0 Å². The Bertz CT molecular complexity index is 357. The normalized spacial score (nSPS) is 10.4. The van der Waals surface area contributed by atoms with E-state index in [1.54, 1.807) is 0 Å². The van der Waals surface area contributed by atoms with Crippen LogP contribution < -0.4 is 4.74 Å². The summed E-state index contributed by atoms with van der Waals surface area (Å²) in [6, 6.07) is 8.50. The number of hydrogen-bond acceptors (Lipinski definition) is 1. The minimum Gasteiger partial charge on any atom is -0.493 e. The first-order valence-corrected chi connectivity index (χ1v) is 8.20. The molecule has 1 aromatic carbocycles. The molecule has 1 nitrogen and oxygen atoms in total. The standard InChI is InChI=1S/C19H30O/c1-3-5-7-8-9-10-11-14-18-15-12-13-16-19(18)20-17-6-4-2/h3,12-13,15-16H,1,4-11,14,17H2,2H3. The van der Waals surface area contributed by atoms with Gasteiger partial charge in [-0.1, -0.05) is 56.9 Å². The van der Waals surface area contributed by atoms with E-state index in [0.29, 0.717) is 0 Å². The van der Waals surface area contributed by atoms with Gasteiger partial charge in [0.05, 0.1) is 6.61 Å². The zero-order valence-corrected chi connectivity index (χ0v) is 13.1. The molecule has 0 saturated heterocycles. The first-order valence-electron chi connectivity index (χ1n) is 8.20. The molecule has 0 bridgehead atoms. The third kappa shape index (κ3) is 7.37. The Kier molecular flexibility index (Phi) is 9.73. The van der Waals surface area contributed by atoms with Crippen molar-refractivity contribution in [1.29, 1.82) is 0 Å². The summed E-state index contributed by atoms with van der Waals surface area (Å²) in [7, 11) is 0. The van der Waals surface area contributed by atoms with Crippen molar-refractivity contribution in [2.24, 2.45) is 0 Å². The quantitative estimate of drug-likeness (QED) is 0.339. The molecule has 0 atom stereocenters. The number of aryl methyl sites for hydroxylation is 1. The Morgan fingerprint density at radius 2 is 1.75 bits per heavy atom. The molecule has 0 N–H and O–H groups in total. The monoisotopic (exact) mass is 274 g/mol. The van der Waals surface area contributed by atoms with Crippen molar-refractivity contribution in [2.75, 3.05) is 6.61 Å². The highest BCUT2D eigenvalue weighted by molar-refractivity contribution is 5.33. The second kappa shape index (κ2) is 11.6. The smallest absolute Gasteiger partial charge is 0.122 e. The number of hydrogen-bond donors (Lipinski definition) is 0. The van der Waals surface area contributed by atoms with Crippen molar-refractivity contribution >= 4 is 0 Å². The lowest BCUT2D eigenvalue weighted by Gasteiger charge is -2.11. The molecule has 0 saturated carbocycles. The minimum atomic E-state index is 0.842. The zero-order valence-electron chi connectivity index (χ0n) is 13.1. The topological polar surface area (TPSA) is 9.23 Å². The van der Waals surface area contributed by atoms with E-state index in [4.69, 9.17) is 4.74 Å². The molecule has 0 unspecified atom stereocenters. The van der Waals surface area contributed by atoms with Gasteiger partial charge in [-0.3, -0.25) is 0 Å². The number of para-hydroxylation sites is 1. The van der Waals surface area contributed by atoms with Crippen LogP contribution in [0.15, 0.2) is 36.9 Å². The van der Waals surface area contributed by atoms with Gasteiger partial charge < -0.3 is 4.74 Å². The Balaban J connectivity index is 2.23. The zero-order chi connectivity index (χ0) is 14.5. The molecule has 0 heterocycles. The van der Waals surface area contributed by atoms with Crippen LogP contribution in [0.4, 0.5) is 0 Å². The molecule has 0 aromatic heterocycles. The maximum absolute atomic E-state index is 5.88. The highest BCUT2D eigenvalue weighted by atomic mass is 16.5. The molecular formula is C19H30O. The molecule has 0 aliphatic rings. The molecule has 0 amide bonds. The van der Waals surface area contributed by atoms with Gasteiger partial charge in [0.2, 0.25) is 0 Å². The van der Waals surface area contributed by atoms with Gasteiger partial charge in [0.1, 0.15) is 5.75 Å². The summed E-state index contributed by atoms with van der Waals surface area (Å²) >= 11 is 0. The molecule has 20 heavy (non-hydrogen) atoms. The van der Waals surface area contributed by atoms with E-state index in [-0.39, 0.29) is 0 Å². The van der Waals surface area contributed by atoms with Crippen LogP contribution in [0, 0.1) is 0 Å². The van der Waals surface area contributed by atoms with Crippen molar-refractivity contribution in [3.8, 4) is 5.75 Å². The Hall–Kier alpha value is -1.24. The Labute approximate surface area is 125 Å². The van der Waals surface area contributed by atoms with E-state index in [2.05, 4.69) is 37.8 Å². The Morgan fingerprint density at radius 1 is 1.00 bits per heavy atom.